The average molecular weight is 415 g/mol. The fraction of sp³-hybridized carbons (Fsp3) is 0.125. The summed E-state index contributed by atoms with van der Waals surface area (Å²) in [6, 6.07) is 19.3. The first-order valence-electron chi connectivity index (χ1n) is 9.86. The van der Waals surface area contributed by atoms with Crippen molar-refractivity contribution in [2.75, 3.05) is 11.9 Å². The number of ether oxygens (including phenoxy) is 2. The first-order valence-corrected chi connectivity index (χ1v) is 9.86. The number of amides is 1. The highest BCUT2D eigenvalue weighted by Crippen LogP contribution is 2.18. The molecule has 0 bridgehead atoms. The van der Waals surface area contributed by atoms with Gasteiger partial charge in [0, 0.05) is 23.6 Å². The SMILES string of the molecule is CCOC(=O)c1cccc(NC(=O)c2cccc(OCc3cn4ccccc4n3)c2)c1. The van der Waals surface area contributed by atoms with Gasteiger partial charge in [-0.05, 0) is 55.5 Å². The zero-order valence-corrected chi connectivity index (χ0v) is 16.9. The van der Waals surface area contributed by atoms with E-state index in [1.165, 1.54) is 0 Å². The standard InChI is InChI=1S/C24H21N3O4/c1-2-30-24(29)18-8-5-9-19(13-18)26-23(28)17-7-6-10-21(14-17)31-16-20-15-27-12-4-3-11-22(27)25-20/h3-15H,2,16H2,1H3,(H,26,28). The van der Waals surface area contributed by atoms with Crippen molar-refractivity contribution in [3.05, 3.63) is 95.9 Å². The summed E-state index contributed by atoms with van der Waals surface area (Å²) in [5.74, 6) is -0.176. The van der Waals surface area contributed by atoms with Crippen LogP contribution in [0.4, 0.5) is 5.69 Å². The van der Waals surface area contributed by atoms with E-state index in [-0.39, 0.29) is 19.1 Å². The van der Waals surface area contributed by atoms with E-state index in [9.17, 15) is 9.59 Å². The van der Waals surface area contributed by atoms with Crippen molar-refractivity contribution in [1.29, 1.82) is 0 Å². The molecule has 0 aliphatic rings. The minimum absolute atomic E-state index is 0.286. The molecule has 0 aliphatic heterocycles. The number of fused-ring (bicyclic) bond motifs is 1. The number of nitrogens with zero attached hydrogens (tertiary/aromatic N) is 2. The van der Waals surface area contributed by atoms with Gasteiger partial charge in [-0.3, -0.25) is 4.79 Å². The van der Waals surface area contributed by atoms with Crippen molar-refractivity contribution < 1.29 is 19.1 Å². The Bertz CT molecular complexity index is 1200. The topological polar surface area (TPSA) is 81.9 Å². The van der Waals surface area contributed by atoms with E-state index < -0.39 is 5.97 Å². The minimum Gasteiger partial charge on any atom is -0.487 e. The van der Waals surface area contributed by atoms with Gasteiger partial charge in [0.25, 0.3) is 5.91 Å². The molecule has 0 aliphatic carbocycles. The molecule has 31 heavy (non-hydrogen) atoms. The third-order valence-corrected chi connectivity index (χ3v) is 4.53. The quantitative estimate of drug-likeness (QED) is 0.454. The first kappa shape index (κ1) is 20.2. The lowest BCUT2D eigenvalue weighted by Crippen LogP contribution is -2.13. The van der Waals surface area contributed by atoms with Crippen LogP contribution in [0.5, 0.6) is 5.75 Å². The molecule has 7 heteroatoms. The van der Waals surface area contributed by atoms with Gasteiger partial charge < -0.3 is 19.2 Å². The van der Waals surface area contributed by atoms with Crippen molar-refractivity contribution in [3.63, 3.8) is 0 Å². The number of aromatic nitrogens is 2. The van der Waals surface area contributed by atoms with Crippen LogP contribution in [0.3, 0.4) is 0 Å². The van der Waals surface area contributed by atoms with Gasteiger partial charge in [0.1, 0.15) is 18.0 Å². The van der Waals surface area contributed by atoms with E-state index in [2.05, 4.69) is 10.3 Å². The Labute approximate surface area is 179 Å². The van der Waals surface area contributed by atoms with Crippen LogP contribution in [0.1, 0.15) is 33.3 Å². The summed E-state index contributed by atoms with van der Waals surface area (Å²) in [4.78, 5) is 29.0. The fourth-order valence-electron chi connectivity index (χ4n) is 3.08. The zero-order valence-electron chi connectivity index (χ0n) is 16.9. The third-order valence-electron chi connectivity index (χ3n) is 4.53. The van der Waals surface area contributed by atoms with E-state index in [1.807, 2.05) is 35.0 Å². The minimum atomic E-state index is -0.430. The van der Waals surface area contributed by atoms with Crippen LogP contribution in [0.2, 0.25) is 0 Å². The number of imidazole rings is 1. The van der Waals surface area contributed by atoms with Gasteiger partial charge >= 0.3 is 5.97 Å². The van der Waals surface area contributed by atoms with Gasteiger partial charge in [-0.1, -0.05) is 18.2 Å². The lowest BCUT2D eigenvalue weighted by atomic mass is 10.1. The van der Waals surface area contributed by atoms with Crippen molar-refractivity contribution >= 4 is 23.2 Å². The van der Waals surface area contributed by atoms with Crippen LogP contribution in [0.15, 0.2) is 79.1 Å². The molecule has 156 valence electrons. The molecular formula is C24H21N3O4. The number of nitrogens with one attached hydrogen (secondary N) is 1. The maximum atomic E-state index is 12.7. The summed E-state index contributed by atoms with van der Waals surface area (Å²) < 4.78 is 12.7. The molecular weight excluding hydrogens is 394 g/mol. The van der Waals surface area contributed by atoms with Crippen molar-refractivity contribution in [3.8, 4) is 5.75 Å². The number of carbonyl (C=O) groups is 2. The van der Waals surface area contributed by atoms with E-state index in [1.54, 1.807) is 55.5 Å². The monoisotopic (exact) mass is 415 g/mol. The molecule has 0 radical (unpaired) electrons. The van der Waals surface area contributed by atoms with E-state index in [0.717, 1.165) is 11.3 Å². The van der Waals surface area contributed by atoms with Gasteiger partial charge in [-0.2, -0.15) is 0 Å². The van der Waals surface area contributed by atoms with Crippen molar-refractivity contribution in [2.24, 2.45) is 0 Å². The highest BCUT2D eigenvalue weighted by molar-refractivity contribution is 6.05. The number of esters is 1. The normalized spacial score (nSPS) is 10.6. The summed E-state index contributed by atoms with van der Waals surface area (Å²) in [7, 11) is 0. The largest absolute Gasteiger partial charge is 0.487 e. The van der Waals surface area contributed by atoms with Crippen molar-refractivity contribution in [2.45, 2.75) is 13.5 Å². The van der Waals surface area contributed by atoms with E-state index >= 15 is 0 Å². The summed E-state index contributed by atoms with van der Waals surface area (Å²) >= 11 is 0. The Hall–Kier alpha value is -4.13. The van der Waals surface area contributed by atoms with Gasteiger partial charge in [-0.25, -0.2) is 9.78 Å². The van der Waals surface area contributed by atoms with Crippen LogP contribution < -0.4 is 10.1 Å². The summed E-state index contributed by atoms with van der Waals surface area (Å²) in [5.41, 5.74) is 2.96. The smallest absolute Gasteiger partial charge is 0.338 e. The number of pyridine rings is 1. The molecule has 0 spiro atoms. The summed E-state index contributed by atoms with van der Waals surface area (Å²) in [6.07, 6.45) is 3.83. The predicted octanol–water partition coefficient (Wildman–Crippen LogP) is 4.34. The molecule has 7 nitrogen and oxygen atoms in total. The zero-order chi connectivity index (χ0) is 21.6. The molecule has 2 aromatic heterocycles. The number of carbonyl (C=O) groups excluding carboxylic acids is 2. The highest BCUT2D eigenvalue weighted by atomic mass is 16.5. The maximum absolute atomic E-state index is 12.7. The predicted molar refractivity (Wildman–Crippen MR) is 116 cm³/mol. The van der Waals surface area contributed by atoms with Crippen LogP contribution in [-0.4, -0.2) is 27.9 Å². The lowest BCUT2D eigenvalue weighted by molar-refractivity contribution is 0.0526. The molecule has 0 saturated carbocycles. The third kappa shape index (κ3) is 4.90. The Balaban J connectivity index is 1.42. The Morgan fingerprint density at radius 1 is 1.00 bits per heavy atom. The molecule has 0 unspecified atom stereocenters. The van der Waals surface area contributed by atoms with Crippen LogP contribution in [0, 0.1) is 0 Å². The number of benzene rings is 2. The molecule has 1 N–H and O–H groups in total. The van der Waals surface area contributed by atoms with Crippen molar-refractivity contribution in [1.82, 2.24) is 9.38 Å². The summed E-state index contributed by atoms with van der Waals surface area (Å²) in [6.45, 7) is 2.32. The molecule has 2 heterocycles. The Kier molecular flexibility index (Phi) is 5.93. The molecule has 0 saturated heterocycles. The lowest BCUT2D eigenvalue weighted by Gasteiger charge is -2.09. The van der Waals surface area contributed by atoms with E-state index in [4.69, 9.17) is 9.47 Å². The average Bonchev–Trinajstić information content (AvgIpc) is 3.21. The van der Waals surface area contributed by atoms with E-state index in [0.29, 0.717) is 22.6 Å². The van der Waals surface area contributed by atoms with Gasteiger partial charge in [0.2, 0.25) is 0 Å². The van der Waals surface area contributed by atoms with Crippen LogP contribution >= 0.6 is 0 Å². The second kappa shape index (κ2) is 9.13. The fourth-order valence-corrected chi connectivity index (χ4v) is 3.08. The molecule has 1 amide bonds. The molecule has 0 fully saturated rings. The molecule has 0 atom stereocenters. The number of hydrogen-bond donors (Lipinski definition) is 1. The van der Waals surface area contributed by atoms with Crippen LogP contribution in [0.25, 0.3) is 5.65 Å². The number of hydrogen-bond acceptors (Lipinski definition) is 5. The van der Waals surface area contributed by atoms with Gasteiger partial charge in [-0.15, -0.1) is 0 Å². The Morgan fingerprint density at radius 3 is 2.68 bits per heavy atom. The molecule has 4 rings (SSSR count). The maximum Gasteiger partial charge on any atom is 0.338 e. The van der Waals surface area contributed by atoms with Gasteiger partial charge in [0.05, 0.1) is 17.9 Å². The highest BCUT2D eigenvalue weighted by Gasteiger charge is 2.11. The first-order chi connectivity index (χ1) is 15.1. The molecule has 4 aromatic rings. The van der Waals surface area contributed by atoms with Crippen LogP contribution in [-0.2, 0) is 11.3 Å². The second-order valence-corrected chi connectivity index (χ2v) is 6.77. The number of anilines is 1. The summed E-state index contributed by atoms with van der Waals surface area (Å²) in [5, 5.41) is 2.80. The number of rotatable bonds is 7. The molecule has 2 aromatic carbocycles. The second-order valence-electron chi connectivity index (χ2n) is 6.77. The Morgan fingerprint density at radius 2 is 1.84 bits per heavy atom. The van der Waals surface area contributed by atoms with Gasteiger partial charge in [0.15, 0.2) is 0 Å².